The molecule has 0 fully saturated rings. The molecule has 1 unspecified atom stereocenters. The molecule has 19 heavy (non-hydrogen) atoms. The molecule has 0 saturated carbocycles. The lowest BCUT2D eigenvalue weighted by Crippen LogP contribution is -2.23. The van der Waals surface area contributed by atoms with Crippen LogP contribution in [-0.2, 0) is 9.84 Å². The first-order valence-corrected chi connectivity index (χ1v) is 7.54. The fraction of sp³-hybridized carbons (Fsp3) is 0.455. The van der Waals surface area contributed by atoms with Crippen molar-refractivity contribution in [3.8, 4) is 0 Å². The van der Waals surface area contributed by atoms with E-state index in [0.29, 0.717) is 6.42 Å². The standard InChI is InChI=1S/C11H16N2O5S/c1-3-8(7-14)12-10-5-4-9(19(2,17)18)6-11(10)13(15)16/h4-6,8,12,14H,3,7H2,1-2H3. The third kappa shape index (κ3) is 3.90. The molecular weight excluding hydrogens is 272 g/mol. The van der Waals surface area contributed by atoms with Crippen LogP contribution < -0.4 is 5.32 Å². The zero-order chi connectivity index (χ0) is 14.6. The van der Waals surface area contributed by atoms with E-state index in [-0.39, 0.29) is 28.9 Å². The first kappa shape index (κ1) is 15.4. The maximum atomic E-state index is 11.4. The summed E-state index contributed by atoms with van der Waals surface area (Å²) in [5.74, 6) is 0. The van der Waals surface area contributed by atoms with Crippen molar-refractivity contribution in [3.05, 3.63) is 28.3 Å². The van der Waals surface area contributed by atoms with Crippen LogP contribution in [0.2, 0.25) is 0 Å². The summed E-state index contributed by atoms with van der Waals surface area (Å²) < 4.78 is 22.7. The van der Waals surface area contributed by atoms with Crippen LogP contribution in [0.3, 0.4) is 0 Å². The minimum Gasteiger partial charge on any atom is -0.394 e. The fourth-order valence-electron chi connectivity index (χ4n) is 1.51. The average Bonchev–Trinajstić information content (AvgIpc) is 2.34. The van der Waals surface area contributed by atoms with Crippen molar-refractivity contribution in [2.24, 2.45) is 0 Å². The first-order valence-electron chi connectivity index (χ1n) is 5.65. The van der Waals surface area contributed by atoms with E-state index >= 15 is 0 Å². The van der Waals surface area contributed by atoms with Crippen LogP contribution in [0.1, 0.15) is 13.3 Å². The molecule has 0 spiro atoms. The molecule has 1 aromatic carbocycles. The Balaban J connectivity index is 3.23. The molecule has 106 valence electrons. The normalized spacial score (nSPS) is 13.0. The van der Waals surface area contributed by atoms with E-state index in [2.05, 4.69) is 5.32 Å². The van der Waals surface area contributed by atoms with Gasteiger partial charge >= 0.3 is 0 Å². The number of hydrogen-bond donors (Lipinski definition) is 2. The molecule has 0 aliphatic rings. The van der Waals surface area contributed by atoms with E-state index in [1.54, 1.807) is 0 Å². The van der Waals surface area contributed by atoms with Crippen molar-refractivity contribution >= 4 is 21.2 Å². The monoisotopic (exact) mass is 288 g/mol. The van der Waals surface area contributed by atoms with Crippen molar-refractivity contribution in [2.75, 3.05) is 18.2 Å². The molecule has 0 heterocycles. The number of benzene rings is 1. The van der Waals surface area contributed by atoms with Crippen molar-refractivity contribution in [2.45, 2.75) is 24.3 Å². The smallest absolute Gasteiger partial charge is 0.293 e. The zero-order valence-electron chi connectivity index (χ0n) is 10.7. The number of hydrogen-bond acceptors (Lipinski definition) is 6. The molecule has 7 nitrogen and oxygen atoms in total. The van der Waals surface area contributed by atoms with Crippen LogP contribution in [-0.4, -0.2) is 37.4 Å². The Bertz CT molecular complexity index is 566. The molecule has 1 rings (SSSR count). The molecule has 0 bridgehead atoms. The zero-order valence-corrected chi connectivity index (χ0v) is 11.5. The Labute approximate surface area is 111 Å². The molecule has 0 aliphatic carbocycles. The predicted molar refractivity (Wildman–Crippen MR) is 71.0 cm³/mol. The Morgan fingerprint density at radius 2 is 2.11 bits per heavy atom. The number of rotatable bonds is 6. The summed E-state index contributed by atoms with van der Waals surface area (Å²) in [5.41, 5.74) is -0.131. The maximum Gasteiger partial charge on any atom is 0.293 e. The summed E-state index contributed by atoms with van der Waals surface area (Å²) >= 11 is 0. The highest BCUT2D eigenvalue weighted by Crippen LogP contribution is 2.28. The number of anilines is 1. The second-order valence-corrected chi connectivity index (χ2v) is 6.16. The molecule has 1 atom stereocenters. The lowest BCUT2D eigenvalue weighted by atomic mass is 10.2. The summed E-state index contributed by atoms with van der Waals surface area (Å²) in [6.07, 6.45) is 1.57. The van der Waals surface area contributed by atoms with Gasteiger partial charge < -0.3 is 10.4 Å². The minimum absolute atomic E-state index is 0.109. The number of sulfone groups is 1. The molecule has 8 heteroatoms. The highest BCUT2D eigenvalue weighted by Gasteiger charge is 2.20. The predicted octanol–water partition coefficient (Wildman–Crippen LogP) is 1.18. The highest BCUT2D eigenvalue weighted by atomic mass is 32.2. The van der Waals surface area contributed by atoms with E-state index in [4.69, 9.17) is 5.11 Å². The third-order valence-electron chi connectivity index (χ3n) is 2.67. The van der Waals surface area contributed by atoms with Gasteiger partial charge in [0.15, 0.2) is 9.84 Å². The fourth-order valence-corrected chi connectivity index (χ4v) is 2.15. The van der Waals surface area contributed by atoms with Crippen molar-refractivity contribution < 1.29 is 18.4 Å². The van der Waals surface area contributed by atoms with Gasteiger partial charge in [-0.25, -0.2) is 8.42 Å². The Hall–Kier alpha value is -1.67. The molecule has 0 aliphatic heterocycles. The number of nitro benzene ring substituents is 1. The SMILES string of the molecule is CCC(CO)Nc1ccc(S(C)(=O)=O)cc1[N+](=O)[O-]. The van der Waals surface area contributed by atoms with Gasteiger partial charge in [0.05, 0.1) is 16.4 Å². The topological polar surface area (TPSA) is 110 Å². The molecule has 0 radical (unpaired) electrons. The quantitative estimate of drug-likeness (QED) is 0.601. The number of aliphatic hydroxyl groups excluding tert-OH is 1. The van der Waals surface area contributed by atoms with Gasteiger partial charge in [0, 0.05) is 18.4 Å². The second-order valence-electron chi connectivity index (χ2n) is 4.14. The van der Waals surface area contributed by atoms with Gasteiger partial charge in [-0.1, -0.05) is 6.92 Å². The summed E-state index contributed by atoms with van der Waals surface area (Å²) in [6, 6.07) is 3.34. The number of nitrogens with zero attached hydrogens (tertiary/aromatic N) is 1. The molecule has 1 aromatic rings. The first-order chi connectivity index (χ1) is 8.79. The van der Waals surface area contributed by atoms with E-state index < -0.39 is 14.8 Å². The summed E-state index contributed by atoms with van der Waals surface area (Å²) in [6.45, 7) is 1.66. The van der Waals surface area contributed by atoms with Crippen molar-refractivity contribution in [1.29, 1.82) is 0 Å². The molecule has 0 aromatic heterocycles. The number of nitro groups is 1. The van der Waals surface area contributed by atoms with Crippen LogP contribution in [0.25, 0.3) is 0 Å². The summed E-state index contributed by atoms with van der Waals surface area (Å²) in [4.78, 5) is 10.2. The molecule has 0 amide bonds. The highest BCUT2D eigenvalue weighted by molar-refractivity contribution is 7.90. The second kappa shape index (κ2) is 5.98. The van der Waals surface area contributed by atoms with Gasteiger partial charge in [-0.3, -0.25) is 10.1 Å². The molecule has 2 N–H and O–H groups in total. The van der Waals surface area contributed by atoms with E-state index in [1.165, 1.54) is 12.1 Å². The number of nitrogens with one attached hydrogen (secondary N) is 1. The Morgan fingerprint density at radius 1 is 1.47 bits per heavy atom. The minimum atomic E-state index is -3.50. The van der Waals surface area contributed by atoms with Crippen LogP contribution in [0.15, 0.2) is 23.1 Å². The van der Waals surface area contributed by atoms with Crippen molar-refractivity contribution in [1.82, 2.24) is 0 Å². The summed E-state index contributed by atoms with van der Waals surface area (Å²) in [5, 5.41) is 22.9. The van der Waals surface area contributed by atoms with E-state index in [0.717, 1.165) is 12.3 Å². The van der Waals surface area contributed by atoms with Gasteiger partial charge in [0.25, 0.3) is 5.69 Å². The largest absolute Gasteiger partial charge is 0.394 e. The number of aliphatic hydroxyl groups is 1. The van der Waals surface area contributed by atoms with E-state index in [1.807, 2.05) is 6.92 Å². The third-order valence-corrected chi connectivity index (χ3v) is 3.78. The Kier molecular flexibility index (Phi) is 4.84. The molecule has 0 saturated heterocycles. The van der Waals surface area contributed by atoms with Crippen LogP contribution in [0.5, 0.6) is 0 Å². The van der Waals surface area contributed by atoms with Crippen molar-refractivity contribution in [3.63, 3.8) is 0 Å². The Morgan fingerprint density at radius 3 is 2.53 bits per heavy atom. The maximum absolute atomic E-state index is 11.4. The summed E-state index contributed by atoms with van der Waals surface area (Å²) in [7, 11) is -3.50. The van der Waals surface area contributed by atoms with Crippen LogP contribution >= 0.6 is 0 Å². The van der Waals surface area contributed by atoms with Crippen LogP contribution in [0, 0.1) is 10.1 Å². The lowest BCUT2D eigenvalue weighted by Gasteiger charge is -2.15. The van der Waals surface area contributed by atoms with Gasteiger partial charge in [-0.15, -0.1) is 0 Å². The molecular formula is C11H16N2O5S. The average molecular weight is 288 g/mol. The van der Waals surface area contributed by atoms with Crippen LogP contribution in [0.4, 0.5) is 11.4 Å². The van der Waals surface area contributed by atoms with Gasteiger partial charge in [-0.05, 0) is 18.6 Å². The van der Waals surface area contributed by atoms with Gasteiger partial charge in [0.2, 0.25) is 0 Å². The lowest BCUT2D eigenvalue weighted by molar-refractivity contribution is -0.384. The van der Waals surface area contributed by atoms with E-state index in [9.17, 15) is 18.5 Å². The van der Waals surface area contributed by atoms with Gasteiger partial charge in [0.1, 0.15) is 5.69 Å². The van der Waals surface area contributed by atoms with Gasteiger partial charge in [-0.2, -0.15) is 0 Å².